The summed E-state index contributed by atoms with van der Waals surface area (Å²) in [6, 6.07) is 16.8. The number of aromatic nitrogens is 1. The van der Waals surface area contributed by atoms with Gasteiger partial charge in [0.25, 0.3) is 5.69 Å². The van der Waals surface area contributed by atoms with Crippen molar-refractivity contribution in [3.05, 3.63) is 93.3 Å². The molecule has 0 atom stereocenters. The molecular formula is C23H20N2O6S2. The normalized spacial score (nSPS) is 10.5. The Balaban J connectivity index is 1.81. The van der Waals surface area contributed by atoms with Gasteiger partial charge in [-0.1, -0.05) is 24.3 Å². The lowest BCUT2D eigenvalue weighted by Crippen LogP contribution is -2.04. The van der Waals surface area contributed by atoms with Crippen LogP contribution in [0, 0.1) is 10.1 Å². The molecule has 33 heavy (non-hydrogen) atoms. The van der Waals surface area contributed by atoms with Gasteiger partial charge in [-0.15, -0.1) is 23.5 Å². The number of hydrogen-bond donors (Lipinski definition) is 0. The highest BCUT2D eigenvalue weighted by Gasteiger charge is 2.16. The first-order valence-corrected chi connectivity index (χ1v) is 11.6. The van der Waals surface area contributed by atoms with Gasteiger partial charge in [-0.2, -0.15) is 0 Å². The lowest BCUT2D eigenvalue weighted by Gasteiger charge is -2.09. The van der Waals surface area contributed by atoms with Crippen molar-refractivity contribution in [3.63, 3.8) is 0 Å². The van der Waals surface area contributed by atoms with Gasteiger partial charge in [0.2, 0.25) is 0 Å². The smallest absolute Gasteiger partial charge is 0.338 e. The molecule has 0 spiro atoms. The van der Waals surface area contributed by atoms with Crippen LogP contribution in [0.15, 0.2) is 70.5 Å². The monoisotopic (exact) mass is 484 g/mol. The molecule has 3 rings (SSSR count). The first-order valence-electron chi connectivity index (χ1n) is 9.67. The Labute approximate surface area is 198 Å². The van der Waals surface area contributed by atoms with E-state index in [0.29, 0.717) is 43.8 Å². The molecule has 3 aromatic rings. The van der Waals surface area contributed by atoms with E-state index in [9.17, 15) is 19.7 Å². The van der Waals surface area contributed by atoms with Crippen molar-refractivity contribution in [2.24, 2.45) is 0 Å². The molecular weight excluding hydrogens is 464 g/mol. The summed E-state index contributed by atoms with van der Waals surface area (Å²) in [5, 5.41) is 11.5. The van der Waals surface area contributed by atoms with Crippen LogP contribution in [0.1, 0.15) is 32.1 Å². The van der Waals surface area contributed by atoms with Crippen molar-refractivity contribution in [1.29, 1.82) is 0 Å². The zero-order chi connectivity index (χ0) is 23.8. The lowest BCUT2D eigenvalue weighted by molar-refractivity contribution is -0.385. The van der Waals surface area contributed by atoms with Crippen LogP contribution >= 0.6 is 23.5 Å². The molecule has 0 unspecified atom stereocenters. The van der Waals surface area contributed by atoms with Gasteiger partial charge in [0.1, 0.15) is 0 Å². The largest absolute Gasteiger partial charge is 0.465 e. The van der Waals surface area contributed by atoms with Gasteiger partial charge in [0, 0.05) is 33.4 Å². The van der Waals surface area contributed by atoms with Crippen molar-refractivity contribution in [1.82, 2.24) is 4.98 Å². The van der Waals surface area contributed by atoms with Crippen molar-refractivity contribution in [2.75, 3.05) is 14.2 Å². The first kappa shape index (κ1) is 24.3. The molecule has 0 aliphatic heterocycles. The number of ether oxygens (including phenoxy) is 2. The lowest BCUT2D eigenvalue weighted by atomic mass is 10.2. The predicted octanol–water partition coefficient (Wildman–Crippen LogP) is 5.15. The molecule has 10 heteroatoms. The van der Waals surface area contributed by atoms with E-state index in [2.05, 4.69) is 4.98 Å². The van der Waals surface area contributed by atoms with Crippen molar-refractivity contribution in [3.8, 4) is 0 Å². The number of carbonyl (C=O) groups is 2. The number of carbonyl (C=O) groups excluding carboxylic acids is 2. The summed E-state index contributed by atoms with van der Waals surface area (Å²) in [5.41, 5.74) is 1.78. The first-order chi connectivity index (χ1) is 15.9. The van der Waals surface area contributed by atoms with Gasteiger partial charge in [0.15, 0.2) is 0 Å². The molecule has 1 aromatic heterocycles. The summed E-state index contributed by atoms with van der Waals surface area (Å²) < 4.78 is 9.63. The Morgan fingerprint density at radius 2 is 1.27 bits per heavy atom. The summed E-state index contributed by atoms with van der Waals surface area (Å²) in [7, 11) is 2.63. The quantitative estimate of drug-likeness (QED) is 0.176. The zero-order valence-corrected chi connectivity index (χ0v) is 19.5. The Hall–Kier alpha value is -3.37. The predicted molar refractivity (Wildman–Crippen MR) is 126 cm³/mol. The summed E-state index contributed by atoms with van der Waals surface area (Å²) >= 11 is 2.69. The number of rotatable bonds is 9. The Morgan fingerprint density at radius 3 is 1.67 bits per heavy atom. The fourth-order valence-corrected chi connectivity index (χ4v) is 4.80. The highest BCUT2D eigenvalue weighted by atomic mass is 32.2. The molecule has 0 bridgehead atoms. The van der Waals surface area contributed by atoms with Gasteiger partial charge >= 0.3 is 11.9 Å². The topological polar surface area (TPSA) is 109 Å². The third kappa shape index (κ3) is 6.33. The minimum atomic E-state index is -0.463. The van der Waals surface area contributed by atoms with Crippen LogP contribution in [0.25, 0.3) is 0 Å². The molecule has 1 heterocycles. The second-order valence-corrected chi connectivity index (χ2v) is 8.65. The van der Waals surface area contributed by atoms with E-state index in [1.165, 1.54) is 49.9 Å². The number of benzene rings is 2. The highest BCUT2D eigenvalue weighted by Crippen LogP contribution is 2.30. The maximum Gasteiger partial charge on any atom is 0.338 e. The van der Waals surface area contributed by atoms with Crippen LogP contribution in [-0.4, -0.2) is 36.1 Å². The van der Waals surface area contributed by atoms with Crippen LogP contribution in [0.2, 0.25) is 0 Å². The van der Waals surface area contributed by atoms with Crippen LogP contribution in [0.5, 0.6) is 0 Å². The van der Waals surface area contributed by atoms with E-state index in [-0.39, 0.29) is 5.69 Å². The van der Waals surface area contributed by atoms with Crippen molar-refractivity contribution < 1.29 is 24.0 Å². The standard InChI is InChI=1S/C23H20N2O6S2/c1-30-22(26)18-7-3-5-9-20(18)32-13-15-11-17(25(28)29)12-16(24-15)14-33-21-10-6-4-8-19(21)23(27)31-2/h3-12H,13-14H2,1-2H3. The molecule has 0 aliphatic carbocycles. The summed E-state index contributed by atoms with van der Waals surface area (Å²) in [5.74, 6) is -0.254. The van der Waals surface area contributed by atoms with Crippen LogP contribution in [0.3, 0.4) is 0 Å². The third-order valence-corrected chi connectivity index (χ3v) is 6.68. The summed E-state index contributed by atoms with van der Waals surface area (Å²) in [4.78, 5) is 40.9. The minimum absolute atomic E-state index is 0.0706. The fourth-order valence-electron chi connectivity index (χ4n) is 2.93. The number of nitro groups is 1. The Bertz CT molecular complexity index is 1100. The molecule has 0 N–H and O–H groups in total. The van der Waals surface area contributed by atoms with Gasteiger partial charge in [-0.3, -0.25) is 15.1 Å². The van der Waals surface area contributed by atoms with Crippen molar-refractivity contribution >= 4 is 41.1 Å². The van der Waals surface area contributed by atoms with Crippen LogP contribution in [-0.2, 0) is 21.0 Å². The number of hydrogen-bond acceptors (Lipinski definition) is 9. The van der Waals surface area contributed by atoms with E-state index in [4.69, 9.17) is 9.47 Å². The third-order valence-electron chi connectivity index (χ3n) is 4.46. The number of thioether (sulfide) groups is 2. The van der Waals surface area contributed by atoms with Gasteiger partial charge in [-0.05, 0) is 24.3 Å². The molecule has 0 fully saturated rings. The Morgan fingerprint density at radius 1 is 0.848 bits per heavy atom. The summed E-state index contributed by atoms with van der Waals surface area (Å²) in [6.07, 6.45) is 0. The fraction of sp³-hybridized carbons (Fsp3) is 0.174. The molecule has 0 saturated heterocycles. The summed E-state index contributed by atoms with van der Waals surface area (Å²) in [6.45, 7) is 0. The average molecular weight is 485 g/mol. The average Bonchev–Trinajstić information content (AvgIpc) is 2.85. The van der Waals surface area contributed by atoms with Gasteiger partial charge in [0.05, 0.1) is 41.7 Å². The van der Waals surface area contributed by atoms with Gasteiger partial charge < -0.3 is 9.47 Å². The molecule has 0 aliphatic rings. The number of esters is 2. The molecule has 0 saturated carbocycles. The van der Waals surface area contributed by atoms with E-state index in [1.807, 2.05) is 0 Å². The molecule has 0 amide bonds. The van der Waals surface area contributed by atoms with Crippen LogP contribution in [0.4, 0.5) is 5.69 Å². The highest BCUT2D eigenvalue weighted by molar-refractivity contribution is 7.98. The second kappa shape index (κ2) is 11.5. The number of pyridine rings is 1. The minimum Gasteiger partial charge on any atom is -0.465 e. The molecule has 2 aromatic carbocycles. The van der Waals surface area contributed by atoms with Crippen molar-refractivity contribution in [2.45, 2.75) is 21.3 Å². The molecule has 8 nitrogen and oxygen atoms in total. The number of nitrogens with zero attached hydrogens (tertiary/aromatic N) is 2. The van der Waals surface area contributed by atoms with E-state index >= 15 is 0 Å². The number of methoxy groups -OCH3 is 2. The van der Waals surface area contributed by atoms with E-state index < -0.39 is 16.9 Å². The second-order valence-electron chi connectivity index (χ2n) is 6.62. The zero-order valence-electron chi connectivity index (χ0n) is 17.8. The SMILES string of the molecule is COC(=O)c1ccccc1SCc1cc([N+](=O)[O-])cc(CSc2ccccc2C(=O)OC)n1. The van der Waals surface area contributed by atoms with Crippen LogP contribution < -0.4 is 0 Å². The van der Waals surface area contributed by atoms with E-state index in [0.717, 1.165) is 0 Å². The van der Waals surface area contributed by atoms with Gasteiger partial charge in [-0.25, -0.2) is 9.59 Å². The molecule has 0 radical (unpaired) electrons. The maximum absolute atomic E-state index is 12.0. The molecule has 170 valence electrons. The van der Waals surface area contributed by atoms with E-state index in [1.54, 1.807) is 48.5 Å². The Kier molecular flexibility index (Phi) is 8.45. The maximum atomic E-state index is 12.0.